The number of anilines is 2. The minimum atomic E-state index is -0.560. The first kappa shape index (κ1) is 20.2. The molecule has 4 N–H and O–H groups in total. The number of benzene rings is 2. The second-order valence-corrected chi connectivity index (χ2v) is 7.36. The van der Waals surface area contributed by atoms with Crippen LogP contribution in [0.1, 0.15) is 27.3 Å². The van der Waals surface area contributed by atoms with Crippen molar-refractivity contribution in [3.05, 3.63) is 71.0 Å². The Kier molecular flexibility index (Phi) is 5.15. The monoisotopic (exact) mass is 445 g/mol. The zero-order chi connectivity index (χ0) is 22.8. The summed E-state index contributed by atoms with van der Waals surface area (Å²) in [6.07, 6.45) is 2.30. The van der Waals surface area contributed by atoms with Crippen LogP contribution in [0.15, 0.2) is 58.3 Å². The number of hydrogen-bond acceptors (Lipinski definition) is 10. The van der Waals surface area contributed by atoms with Crippen molar-refractivity contribution in [2.24, 2.45) is 5.10 Å². The van der Waals surface area contributed by atoms with Crippen molar-refractivity contribution in [3.63, 3.8) is 0 Å². The van der Waals surface area contributed by atoms with Gasteiger partial charge in [-0.2, -0.15) is 9.78 Å². The van der Waals surface area contributed by atoms with Gasteiger partial charge in [-0.25, -0.2) is 10.1 Å². The van der Waals surface area contributed by atoms with Crippen LogP contribution in [0.4, 0.5) is 11.5 Å². The van der Waals surface area contributed by atoms with E-state index in [4.69, 9.17) is 10.4 Å². The smallest absolute Gasteiger partial charge is 0.293 e. The fourth-order valence-electron chi connectivity index (χ4n) is 3.70. The van der Waals surface area contributed by atoms with E-state index < -0.39 is 5.91 Å². The third kappa shape index (κ3) is 3.96. The predicted octanol–water partition coefficient (Wildman–Crippen LogP) is 1.26. The van der Waals surface area contributed by atoms with Crippen molar-refractivity contribution in [1.82, 2.24) is 30.7 Å². The minimum absolute atomic E-state index is 0.0248. The lowest BCUT2D eigenvalue weighted by Crippen LogP contribution is -2.26. The average Bonchev–Trinajstić information content (AvgIpc) is 3.53. The number of aromatic nitrogens is 5. The molecule has 12 nitrogen and oxygen atoms in total. The summed E-state index contributed by atoms with van der Waals surface area (Å²) >= 11 is 0. The van der Waals surface area contributed by atoms with Gasteiger partial charge < -0.3 is 15.7 Å². The van der Waals surface area contributed by atoms with Crippen molar-refractivity contribution >= 4 is 23.6 Å². The van der Waals surface area contributed by atoms with E-state index in [9.17, 15) is 9.90 Å². The molecule has 2 aromatic heterocycles. The molecule has 0 radical (unpaired) electrons. The Morgan fingerprint density at radius 1 is 1.24 bits per heavy atom. The minimum Gasteiger partial charge on any atom is -0.508 e. The Morgan fingerprint density at radius 3 is 2.94 bits per heavy atom. The van der Waals surface area contributed by atoms with Crippen molar-refractivity contribution in [2.45, 2.75) is 13.0 Å². The van der Waals surface area contributed by atoms with E-state index >= 15 is 0 Å². The highest BCUT2D eigenvalue weighted by Crippen LogP contribution is 2.30. The molecule has 3 heterocycles. The number of nitrogens with one attached hydrogen (secondary N) is 1. The first-order valence-corrected chi connectivity index (χ1v) is 10.1. The number of carbonyl (C=O) groups excluding carboxylic acids is 1. The predicted molar refractivity (Wildman–Crippen MR) is 118 cm³/mol. The molecule has 0 fully saturated rings. The van der Waals surface area contributed by atoms with Crippen LogP contribution < -0.4 is 16.1 Å². The quantitative estimate of drug-likeness (QED) is 0.293. The maximum atomic E-state index is 12.9. The molecule has 0 saturated heterocycles. The molecule has 5 rings (SSSR count). The molecule has 2 aromatic carbocycles. The Labute approximate surface area is 187 Å². The maximum Gasteiger partial charge on any atom is 0.293 e. The van der Waals surface area contributed by atoms with Crippen LogP contribution in [0.5, 0.6) is 5.75 Å². The van der Waals surface area contributed by atoms with Crippen LogP contribution in [0.3, 0.4) is 0 Å². The number of para-hydroxylation sites is 1. The van der Waals surface area contributed by atoms with E-state index in [0.717, 1.165) is 18.7 Å². The number of nitrogens with two attached hydrogens (primary N) is 1. The van der Waals surface area contributed by atoms with Crippen molar-refractivity contribution in [3.8, 4) is 11.6 Å². The normalized spacial score (nSPS) is 12.9. The first-order chi connectivity index (χ1) is 16.1. The lowest BCUT2D eigenvalue weighted by atomic mass is 10.2. The first-order valence-electron chi connectivity index (χ1n) is 10.1. The topological polar surface area (TPSA) is 161 Å². The molecular formula is C21H19N9O3. The van der Waals surface area contributed by atoms with E-state index in [-0.39, 0.29) is 23.1 Å². The average molecular weight is 445 g/mol. The second-order valence-electron chi connectivity index (χ2n) is 7.36. The third-order valence-corrected chi connectivity index (χ3v) is 5.25. The SMILES string of the molecule is Nc1nonc1-n1nnc(C(=O)N/N=C\c2cccc(O)c2)c1CN1CCc2ccccc21. The Bertz CT molecular complexity index is 1340. The number of amides is 1. The van der Waals surface area contributed by atoms with Crippen molar-refractivity contribution in [2.75, 3.05) is 17.2 Å². The van der Waals surface area contributed by atoms with Gasteiger partial charge in [0.15, 0.2) is 5.69 Å². The number of phenols is 1. The summed E-state index contributed by atoms with van der Waals surface area (Å²) in [5.74, 6) is -0.292. The van der Waals surface area contributed by atoms with Gasteiger partial charge in [0.25, 0.3) is 5.91 Å². The molecule has 0 spiro atoms. The number of phenolic OH excluding ortho intramolecular Hbond substituents is 1. The van der Waals surface area contributed by atoms with Crippen molar-refractivity contribution < 1.29 is 14.5 Å². The number of rotatable bonds is 6. The summed E-state index contributed by atoms with van der Waals surface area (Å²) < 4.78 is 6.05. The van der Waals surface area contributed by atoms with Gasteiger partial charge in [0.05, 0.1) is 18.5 Å². The molecule has 0 aliphatic carbocycles. The molecule has 1 aliphatic rings. The standard InChI is InChI=1S/C21H19N9O3/c22-19-20(27-33-26-19)30-17(12-29-9-8-14-5-1-2-7-16(14)29)18(24-28-30)21(32)25-23-11-13-4-3-6-15(31)10-13/h1-7,10-11,31H,8-9,12H2,(H2,22,26)(H,25,32)/b23-11-. The molecule has 4 aromatic rings. The Balaban J connectivity index is 1.44. The summed E-state index contributed by atoms with van der Waals surface area (Å²) in [5, 5.41) is 29.0. The number of hydrogen-bond donors (Lipinski definition) is 3. The number of nitrogen functional groups attached to an aromatic ring is 1. The molecule has 33 heavy (non-hydrogen) atoms. The highest BCUT2D eigenvalue weighted by atomic mass is 16.6. The van der Waals surface area contributed by atoms with Gasteiger partial charge in [0.2, 0.25) is 11.6 Å². The zero-order valence-corrected chi connectivity index (χ0v) is 17.3. The number of nitrogens with zero attached hydrogens (tertiary/aromatic N) is 7. The maximum absolute atomic E-state index is 12.9. The summed E-state index contributed by atoms with van der Waals surface area (Å²) in [4.78, 5) is 15.0. The van der Waals surface area contributed by atoms with E-state index in [0.29, 0.717) is 17.8 Å². The summed E-state index contributed by atoms with van der Waals surface area (Å²) in [6, 6.07) is 14.5. The van der Waals surface area contributed by atoms with E-state index in [2.05, 4.69) is 42.1 Å². The highest BCUT2D eigenvalue weighted by molar-refractivity contribution is 5.94. The highest BCUT2D eigenvalue weighted by Gasteiger charge is 2.27. The van der Waals surface area contributed by atoms with Gasteiger partial charge >= 0.3 is 0 Å². The summed E-state index contributed by atoms with van der Waals surface area (Å²) in [7, 11) is 0. The van der Waals surface area contributed by atoms with E-state index in [1.807, 2.05) is 18.2 Å². The van der Waals surface area contributed by atoms with Crippen LogP contribution in [0.25, 0.3) is 5.82 Å². The van der Waals surface area contributed by atoms with Gasteiger partial charge in [-0.1, -0.05) is 35.5 Å². The molecule has 0 saturated carbocycles. The van der Waals surface area contributed by atoms with Crippen molar-refractivity contribution in [1.29, 1.82) is 0 Å². The van der Waals surface area contributed by atoms with E-state index in [1.54, 1.807) is 18.2 Å². The van der Waals surface area contributed by atoms with E-state index in [1.165, 1.54) is 22.5 Å². The second kappa shape index (κ2) is 8.42. The summed E-state index contributed by atoms with van der Waals surface area (Å²) in [6.45, 7) is 1.10. The van der Waals surface area contributed by atoms with Crippen LogP contribution in [0, 0.1) is 0 Å². The molecule has 0 atom stereocenters. The number of fused-ring (bicyclic) bond motifs is 1. The van der Waals surface area contributed by atoms with Gasteiger partial charge in [0.1, 0.15) is 5.75 Å². The fourth-order valence-corrected chi connectivity index (χ4v) is 3.70. The van der Waals surface area contributed by atoms with Crippen LogP contribution in [-0.4, -0.2) is 49.1 Å². The zero-order valence-electron chi connectivity index (χ0n) is 17.3. The molecule has 1 aliphatic heterocycles. The van der Waals surface area contributed by atoms with Crippen LogP contribution in [-0.2, 0) is 13.0 Å². The summed E-state index contributed by atoms with van der Waals surface area (Å²) in [5.41, 5.74) is 11.7. The lowest BCUT2D eigenvalue weighted by molar-refractivity contribution is 0.0949. The van der Waals surface area contributed by atoms with Crippen LogP contribution in [0.2, 0.25) is 0 Å². The molecule has 0 unspecified atom stereocenters. The van der Waals surface area contributed by atoms with Gasteiger partial charge in [0, 0.05) is 12.2 Å². The largest absolute Gasteiger partial charge is 0.508 e. The molecule has 1 amide bonds. The lowest BCUT2D eigenvalue weighted by Gasteiger charge is -2.19. The molecule has 0 bridgehead atoms. The number of carbonyl (C=O) groups is 1. The number of hydrazone groups is 1. The molecule has 12 heteroatoms. The molecule has 166 valence electrons. The van der Waals surface area contributed by atoms with Crippen LogP contribution >= 0.6 is 0 Å². The third-order valence-electron chi connectivity index (χ3n) is 5.25. The fraction of sp³-hybridized carbons (Fsp3) is 0.143. The van der Waals surface area contributed by atoms with Gasteiger partial charge in [-0.3, -0.25) is 4.79 Å². The Hall–Kier alpha value is -4.74. The van der Waals surface area contributed by atoms with Gasteiger partial charge in [-0.05, 0) is 46.1 Å². The number of aromatic hydroxyl groups is 1. The molecular weight excluding hydrogens is 426 g/mol. The Morgan fingerprint density at radius 2 is 2.12 bits per heavy atom. The van der Waals surface area contributed by atoms with Gasteiger partial charge in [-0.15, -0.1) is 5.10 Å².